The molecule has 12 heavy (non-hydrogen) atoms. The lowest BCUT2D eigenvalue weighted by Crippen LogP contribution is -2.15. The van der Waals surface area contributed by atoms with E-state index in [4.69, 9.17) is 0 Å². The number of rotatable bonds is 1. The summed E-state index contributed by atoms with van der Waals surface area (Å²) in [7, 11) is 0. The van der Waals surface area contributed by atoms with Crippen molar-refractivity contribution in [1.29, 1.82) is 0 Å². The van der Waals surface area contributed by atoms with Gasteiger partial charge in [0.05, 0.1) is 6.10 Å². The Hall–Kier alpha value is -0.860. The van der Waals surface area contributed by atoms with Crippen LogP contribution < -0.4 is 5.32 Å². The second kappa shape index (κ2) is 3.25. The van der Waals surface area contributed by atoms with Crippen LogP contribution >= 0.6 is 0 Å². The Morgan fingerprint density at radius 2 is 1.92 bits per heavy atom. The SMILES string of the molecule is O[C@@H]1CNCC1c1ccccc1. The fraction of sp³-hybridized carbons (Fsp3) is 0.400. The minimum atomic E-state index is -0.215. The first-order chi connectivity index (χ1) is 5.88. The lowest BCUT2D eigenvalue weighted by atomic mass is 9.96. The first-order valence-electron chi connectivity index (χ1n) is 4.31. The minimum absolute atomic E-state index is 0.215. The van der Waals surface area contributed by atoms with Crippen molar-refractivity contribution in [2.24, 2.45) is 0 Å². The largest absolute Gasteiger partial charge is 0.391 e. The van der Waals surface area contributed by atoms with Gasteiger partial charge in [-0.25, -0.2) is 0 Å². The Bertz CT molecular complexity index is 247. The summed E-state index contributed by atoms with van der Waals surface area (Å²) < 4.78 is 0. The molecule has 1 heterocycles. The number of hydrogen-bond donors (Lipinski definition) is 2. The molecule has 0 aliphatic carbocycles. The molecule has 0 spiro atoms. The highest BCUT2D eigenvalue weighted by molar-refractivity contribution is 5.22. The van der Waals surface area contributed by atoms with E-state index in [-0.39, 0.29) is 12.0 Å². The van der Waals surface area contributed by atoms with Gasteiger partial charge >= 0.3 is 0 Å². The van der Waals surface area contributed by atoms with E-state index in [0.29, 0.717) is 0 Å². The number of nitrogens with one attached hydrogen (secondary N) is 1. The van der Waals surface area contributed by atoms with Gasteiger partial charge in [-0.05, 0) is 5.56 Å². The molecule has 64 valence electrons. The predicted molar refractivity (Wildman–Crippen MR) is 48.1 cm³/mol. The molecule has 0 bridgehead atoms. The Balaban J connectivity index is 2.19. The van der Waals surface area contributed by atoms with Gasteiger partial charge in [0.2, 0.25) is 0 Å². The molecule has 0 saturated carbocycles. The number of benzene rings is 1. The quantitative estimate of drug-likeness (QED) is 0.640. The van der Waals surface area contributed by atoms with Crippen molar-refractivity contribution in [3.8, 4) is 0 Å². The first kappa shape index (κ1) is 7.77. The van der Waals surface area contributed by atoms with E-state index in [9.17, 15) is 5.11 Å². The third-order valence-electron chi connectivity index (χ3n) is 2.41. The highest BCUT2D eigenvalue weighted by Crippen LogP contribution is 2.21. The zero-order valence-corrected chi connectivity index (χ0v) is 6.90. The van der Waals surface area contributed by atoms with Crippen LogP contribution in [0.15, 0.2) is 30.3 Å². The molecule has 2 nitrogen and oxygen atoms in total. The van der Waals surface area contributed by atoms with Crippen molar-refractivity contribution < 1.29 is 5.11 Å². The number of aliphatic hydroxyl groups excluding tert-OH is 1. The van der Waals surface area contributed by atoms with Crippen molar-refractivity contribution in [2.45, 2.75) is 12.0 Å². The summed E-state index contributed by atoms with van der Waals surface area (Å²) in [6, 6.07) is 10.2. The summed E-state index contributed by atoms with van der Waals surface area (Å²) in [4.78, 5) is 0. The van der Waals surface area contributed by atoms with Gasteiger partial charge in [-0.15, -0.1) is 0 Å². The molecule has 1 aliphatic rings. The van der Waals surface area contributed by atoms with Crippen LogP contribution in [-0.2, 0) is 0 Å². The minimum Gasteiger partial charge on any atom is -0.391 e. The van der Waals surface area contributed by atoms with Gasteiger partial charge in [-0.2, -0.15) is 0 Å². The average Bonchev–Trinajstić information content (AvgIpc) is 2.53. The van der Waals surface area contributed by atoms with E-state index >= 15 is 0 Å². The van der Waals surface area contributed by atoms with Gasteiger partial charge in [0.15, 0.2) is 0 Å². The van der Waals surface area contributed by atoms with E-state index in [0.717, 1.165) is 13.1 Å². The number of hydrogen-bond acceptors (Lipinski definition) is 2. The molecule has 1 unspecified atom stereocenters. The number of β-amino-alcohol motifs (C(OH)–C–C–N with tert-alkyl or cyclic N) is 1. The van der Waals surface area contributed by atoms with Gasteiger partial charge in [0.25, 0.3) is 0 Å². The van der Waals surface area contributed by atoms with Crippen molar-refractivity contribution >= 4 is 0 Å². The van der Waals surface area contributed by atoms with Gasteiger partial charge in [-0.3, -0.25) is 0 Å². The fourth-order valence-corrected chi connectivity index (χ4v) is 1.71. The lowest BCUT2D eigenvalue weighted by molar-refractivity contribution is 0.178. The maximum atomic E-state index is 9.58. The molecule has 2 heteroatoms. The van der Waals surface area contributed by atoms with Crippen LogP contribution in [-0.4, -0.2) is 24.3 Å². The van der Waals surface area contributed by atoms with Gasteiger partial charge < -0.3 is 10.4 Å². The van der Waals surface area contributed by atoms with Crippen molar-refractivity contribution in [2.75, 3.05) is 13.1 Å². The molecular formula is C10H13NO. The topological polar surface area (TPSA) is 32.3 Å². The number of aliphatic hydroxyl groups is 1. The lowest BCUT2D eigenvalue weighted by Gasteiger charge is -2.12. The summed E-state index contributed by atoms with van der Waals surface area (Å²) >= 11 is 0. The molecular weight excluding hydrogens is 150 g/mol. The van der Waals surface area contributed by atoms with Gasteiger partial charge in [0.1, 0.15) is 0 Å². The molecule has 1 fully saturated rings. The van der Waals surface area contributed by atoms with Crippen molar-refractivity contribution in [1.82, 2.24) is 5.32 Å². The van der Waals surface area contributed by atoms with E-state index in [1.165, 1.54) is 5.56 Å². The van der Waals surface area contributed by atoms with Crippen LogP contribution in [0, 0.1) is 0 Å². The van der Waals surface area contributed by atoms with Crippen LogP contribution in [0.3, 0.4) is 0 Å². The summed E-state index contributed by atoms with van der Waals surface area (Å²) in [6.45, 7) is 1.62. The molecule has 1 saturated heterocycles. The third kappa shape index (κ3) is 1.36. The van der Waals surface area contributed by atoms with Gasteiger partial charge in [-0.1, -0.05) is 30.3 Å². The van der Waals surface area contributed by atoms with Crippen molar-refractivity contribution in [3.63, 3.8) is 0 Å². The van der Waals surface area contributed by atoms with Crippen LogP contribution in [0.4, 0.5) is 0 Å². The van der Waals surface area contributed by atoms with Gasteiger partial charge in [0, 0.05) is 19.0 Å². The molecule has 2 N–H and O–H groups in total. The Morgan fingerprint density at radius 3 is 2.50 bits per heavy atom. The predicted octanol–water partition coefficient (Wildman–Crippen LogP) is 0.734. The van der Waals surface area contributed by atoms with E-state index in [1.807, 2.05) is 18.2 Å². The summed E-state index contributed by atoms with van der Waals surface area (Å²) in [5.41, 5.74) is 1.23. The molecule has 1 aromatic carbocycles. The molecule has 2 rings (SSSR count). The molecule has 0 amide bonds. The van der Waals surface area contributed by atoms with Crippen LogP contribution in [0.5, 0.6) is 0 Å². The average molecular weight is 163 g/mol. The van der Waals surface area contributed by atoms with Crippen LogP contribution in [0.25, 0.3) is 0 Å². The molecule has 0 radical (unpaired) electrons. The van der Waals surface area contributed by atoms with E-state index in [2.05, 4.69) is 17.4 Å². The maximum absolute atomic E-state index is 9.58. The van der Waals surface area contributed by atoms with Crippen molar-refractivity contribution in [3.05, 3.63) is 35.9 Å². The molecule has 1 aliphatic heterocycles. The second-order valence-corrected chi connectivity index (χ2v) is 3.24. The van der Waals surface area contributed by atoms with E-state index in [1.54, 1.807) is 0 Å². The van der Waals surface area contributed by atoms with Crippen LogP contribution in [0.2, 0.25) is 0 Å². The standard InChI is InChI=1S/C10H13NO/c12-10-7-11-6-9(10)8-4-2-1-3-5-8/h1-5,9-12H,6-7H2/t9?,10-/m1/s1. The fourth-order valence-electron chi connectivity index (χ4n) is 1.71. The molecule has 2 atom stereocenters. The summed E-state index contributed by atoms with van der Waals surface area (Å²) in [6.07, 6.45) is -0.215. The first-order valence-corrected chi connectivity index (χ1v) is 4.31. The Labute approximate surface area is 72.2 Å². The van der Waals surface area contributed by atoms with Crippen LogP contribution in [0.1, 0.15) is 11.5 Å². The normalized spacial score (nSPS) is 29.1. The maximum Gasteiger partial charge on any atom is 0.0745 e. The summed E-state index contributed by atoms with van der Waals surface area (Å²) in [5.74, 6) is 0.284. The Morgan fingerprint density at radius 1 is 1.17 bits per heavy atom. The molecule has 0 aromatic heterocycles. The smallest absolute Gasteiger partial charge is 0.0745 e. The second-order valence-electron chi connectivity index (χ2n) is 3.24. The molecule has 1 aromatic rings. The third-order valence-corrected chi connectivity index (χ3v) is 2.41. The Kier molecular flexibility index (Phi) is 2.11. The zero-order valence-electron chi connectivity index (χ0n) is 6.90. The van der Waals surface area contributed by atoms with E-state index < -0.39 is 0 Å². The monoisotopic (exact) mass is 163 g/mol. The highest BCUT2D eigenvalue weighted by atomic mass is 16.3. The summed E-state index contributed by atoms with van der Waals surface area (Å²) in [5, 5.41) is 12.8. The highest BCUT2D eigenvalue weighted by Gasteiger charge is 2.25. The zero-order chi connectivity index (χ0) is 8.39.